The Labute approximate surface area is 125 Å². The maximum absolute atomic E-state index is 13.4. The van der Waals surface area contributed by atoms with Gasteiger partial charge in [0.15, 0.2) is 11.6 Å². The van der Waals surface area contributed by atoms with E-state index in [0.29, 0.717) is 12.6 Å². The fraction of sp³-hybridized carbons (Fsp3) is 0.647. The minimum atomic E-state index is -0.770. The van der Waals surface area contributed by atoms with Gasteiger partial charge in [-0.05, 0) is 49.8 Å². The Hall–Kier alpha value is -1.00. The average Bonchev–Trinajstić information content (AvgIpc) is 3.30. The van der Waals surface area contributed by atoms with Gasteiger partial charge in [0.05, 0.1) is 0 Å². The molecule has 1 heterocycles. The van der Waals surface area contributed by atoms with Crippen LogP contribution < -0.4 is 5.32 Å². The van der Waals surface area contributed by atoms with Gasteiger partial charge in [0.2, 0.25) is 0 Å². The Kier molecular flexibility index (Phi) is 4.02. The molecule has 1 aromatic rings. The highest BCUT2D eigenvalue weighted by molar-refractivity contribution is 5.18. The lowest BCUT2D eigenvalue weighted by molar-refractivity contribution is 0.0368. The molecule has 1 N–H and O–H groups in total. The maximum atomic E-state index is 13.4. The molecule has 3 rings (SSSR count). The largest absolute Gasteiger partial charge is 0.311 e. The minimum Gasteiger partial charge on any atom is -0.311 e. The number of rotatable bonds is 4. The van der Waals surface area contributed by atoms with Crippen molar-refractivity contribution < 1.29 is 8.78 Å². The van der Waals surface area contributed by atoms with Crippen LogP contribution in [0.5, 0.6) is 0 Å². The summed E-state index contributed by atoms with van der Waals surface area (Å²) in [5.74, 6) is -0.716. The lowest BCUT2D eigenvalue weighted by atomic mass is 9.90. The van der Waals surface area contributed by atoms with E-state index in [2.05, 4.69) is 24.1 Å². The van der Waals surface area contributed by atoms with Crippen molar-refractivity contribution in [2.75, 3.05) is 13.1 Å². The summed E-state index contributed by atoms with van der Waals surface area (Å²) in [6.45, 7) is 7.09. The molecule has 1 aromatic carbocycles. The smallest absolute Gasteiger partial charge is 0.159 e. The van der Waals surface area contributed by atoms with Crippen LogP contribution in [0.3, 0.4) is 0 Å². The van der Waals surface area contributed by atoms with Gasteiger partial charge in [-0.15, -0.1) is 0 Å². The van der Waals surface area contributed by atoms with E-state index in [1.807, 2.05) is 0 Å². The molecule has 0 amide bonds. The van der Waals surface area contributed by atoms with Crippen molar-refractivity contribution >= 4 is 0 Å². The molecule has 21 heavy (non-hydrogen) atoms. The van der Waals surface area contributed by atoms with Crippen LogP contribution in [0.15, 0.2) is 18.2 Å². The normalized spacial score (nSPS) is 30.6. The van der Waals surface area contributed by atoms with Gasteiger partial charge in [-0.2, -0.15) is 0 Å². The summed E-state index contributed by atoms with van der Waals surface area (Å²) in [7, 11) is 0. The van der Waals surface area contributed by atoms with Crippen molar-refractivity contribution in [1.29, 1.82) is 0 Å². The second-order valence-electron chi connectivity index (χ2n) is 6.80. The minimum absolute atomic E-state index is 0.0796. The van der Waals surface area contributed by atoms with E-state index in [9.17, 15) is 8.78 Å². The molecule has 0 bridgehead atoms. The highest BCUT2D eigenvalue weighted by Crippen LogP contribution is 2.36. The van der Waals surface area contributed by atoms with Gasteiger partial charge in [-0.25, -0.2) is 8.78 Å². The highest BCUT2D eigenvalue weighted by atomic mass is 19.2. The lowest BCUT2D eigenvalue weighted by Gasteiger charge is -2.48. The van der Waals surface area contributed by atoms with Gasteiger partial charge in [-0.3, -0.25) is 4.90 Å². The van der Waals surface area contributed by atoms with Gasteiger partial charge in [0.1, 0.15) is 0 Å². The summed E-state index contributed by atoms with van der Waals surface area (Å²) in [6.07, 6.45) is 3.68. The van der Waals surface area contributed by atoms with E-state index >= 15 is 0 Å². The molecular formula is C17H24F2N2. The Morgan fingerprint density at radius 1 is 1.29 bits per heavy atom. The van der Waals surface area contributed by atoms with Crippen molar-refractivity contribution in [2.45, 2.75) is 51.2 Å². The summed E-state index contributed by atoms with van der Waals surface area (Å²) in [4.78, 5) is 2.44. The number of benzene rings is 1. The number of halogens is 2. The maximum Gasteiger partial charge on any atom is 0.159 e. The van der Waals surface area contributed by atoms with Crippen LogP contribution in [-0.4, -0.2) is 29.6 Å². The van der Waals surface area contributed by atoms with E-state index in [0.717, 1.165) is 31.0 Å². The van der Waals surface area contributed by atoms with Gasteiger partial charge < -0.3 is 5.32 Å². The van der Waals surface area contributed by atoms with Crippen molar-refractivity contribution in [1.82, 2.24) is 10.2 Å². The molecular weight excluding hydrogens is 270 g/mol. The number of hydrogen-bond donors (Lipinski definition) is 1. The topological polar surface area (TPSA) is 15.3 Å². The molecule has 1 aliphatic carbocycles. The third-order valence-corrected chi connectivity index (χ3v) is 5.24. The summed E-state index contributed by atoms with van der Waals surface area (Å²) < 4.78 is 26.5. The van der Waals surface area contributed by atoms with Gasteiger partial charge >= 0.3 is 0 Å². The van der Waals surface area contributed by atoms with Crippen LogP contribution in [0.4, 0.5) is 8.78 Å². The van der Waals surface area contributed by atoms with Gasteiger partial charge in [0, 0.05) is 31.2 Å². The summed E-state index contributed by atoms with van der Waals surface area (Å²) in [5.41, 5.74) is 0.931. The van der Waals surface area contributed by atoms with Crippen molar-refractivity contribution in [2.24, 2.45) is 5.92 Å². The second kappa shape index (κ2) is 5.65. The number of nitrogens with one attached hydrogen (secondary N) is 1. The van der Waals surface area contributed by atoms with Gasteiger partial charge in [0.25, 0.3) is 0 Å². The van der Waals surface area contributed by atoms with E-state index in [1.165, 1.54) is 25.0 Å². The highest BCUT2D eigenvalue weighted by Gasteiger charge is 2.41. The van der Waals surface area contributed by atoms with Gasteiger partial charge in [-0.1, -0.05) is 13.0 Å². The Balaban J connectivity index is 1.76. The first-order valence-corrected chi connectivity index (χ1v) is 7.94. The molecule has 2 atom stereocenters. The van der Waals surface area contributed by atoms with Crippen LogP contribution in [0, 0.1) is 17.6 Å². The van der Waals surface area contributed by atoms with Crippen molar-refractivity contribution in [3.63, 3.8) is 0 Å². The summed E-state index contributed by atoms with van der Waals surface area (Å²) >= 11 is 0. The van der Waals surface area contributed by atoms with Crippen LogP contribution in [0.1, 0.15) is 38.7 Å². The fourth-order valence-electron chi connectivity index (χ4n) is 3.26. The zero-order valence-corrected chi connectivity index (χ0v) is 12.8. The molecule has 1 aliphatic heterocycles. The second-order valence-corrected chi connectivity index (χ2v) is 6.80. The monoisotopic (exact) mass is 294 g/mol. The number of nitrogens with zero attached hydrogens (tertiary/aromatic N) is 1. The predicted octanol–water partition coefficient (Wildman–Crippen LogP) is 3.32. The quantitative estimate of drug-likeness (QED) is 0.916. The van der Waals surface area contributed by atoms with Crippen molar-refractivity contribution in [3.05, 3.63) is 35.4 Å². The first-order chi connectivity index (χ1) is 10.0. The van der Waals surface area contributed by atoms with Crippen LogP contribution >= 0.6 is 0 Å². The van der Waals surface area contributed by atoms with E-state index < -0.39 is 11.6 Å². The summed E-state index contributed by atoms with van der Waals surface area (Å²) in [5, 5.41) is 3.68. The predicted molar refractivity (Wildman–Crippen MR) is 80.0 cm³/mol. The molecule has 0 spiro atoms. The molecule has 1 saturated heterocycles. The molecule has 0 aromatic heterocycles. The van der Waals surface area contributed by atoms with E-state index in [1.54, 1.807) is 6.07 Å². The molecule has 0 radical (unpaired) electrons. The Morgan fingerprint density at radius 2 is 2.05 bits per heavy atom. The zero-order valence-electron chi connectivity index (χ0n) is 12.8. The first-order valence-electron chi connectivity index (χ1n) is 7.94. The lowest BCUT2D eigenvalue weighted by Crippen LogP contribution is -2.63. The van der Waals surface area contributed by atoms with Crippen LogP contribution in [-0.2, 0) is 6.54 Å². The molecule has 1 saturated carbocycles. The number of hydrogen-bond acceptors (Lipinski definition) is 2. The molecule has 116 valence electrons. The molecule has 2 nitrogen and oxygen atoms in total. The third kappa shape index (κ3) is 3.11. The Morgan fingerprint density at radius 3 is 2.67 bits per heavy atom. The molecule has 2 fully saturated rings. The fourth-order valence-corrected chi connectivity index (χ4v) is 3.26. The Bertz CT molecular complexity index is 516. The third-order valence-electron chi connectivity index (χ3n) is 5.24. The molecule has 2 aliphatic rings. The standard InChI is InChI=1S/C17H24F2N2/c1-3-17(2)11-20-16(13-5-6-13)10-21(17)9-12-4-7-14(18)15(19)8-12/h4,7-8,13,16,20H,3,5-6,9-11H2,1-2H3. The van der Waals surface area contributed by atoms with E-state index in [-0.39, 0.29) is 5.54 Å². The molecule has 4 heteroatoms. The molecule has 2 unspecified atom stereocenters. The zero-order chi connectivity index (χ0) is 15.0. The van der Waals surface area contributed by atoms with Crippen LogP contribution in [0.25, 0.3) is 0 Å². The SMILES string of the molecule is CCC1(C)CNC(C2CC2)CN1Cc1ccc(F)c(F)c1. The van der Waals surface area contributed by atoms with E-state index in [4.69, 9.17) is 0 Å². The van der Waals surface area contributed by atoms with Crippen LogP contribution in [0.2, 0.25) is 0 Å². The first kappa shape index (κ1) is 14.9. The number of piperazine rings is 1. The summed E-state index contributed by atoms with van der Waals surface area (Å²) in [6, 6.07) is 4.81. The average molecular weight is 294 g/mol. The van der Waals surface area contributed by atoms with Crippen molar-refractivity contribution in [3.8, 4) is 0 Å².